The molecule has 2 amide bonds. The number of ether oxygens (including phenoxy) is 2. The molecule has 3 aromatic carbocycles. The number of fused-ring (bicyclic) bond motifs is 4. The van der Waals surface area contributed by atoms with Crippen LogP contribution < -0.4 is 0 Å². The summed E-state index contributed by atoms with van der Waals surface area (Å²) in [6.45, 7) is 6.93. The summed E-state index contributed by atoms with van der Waals surface area (Å²) in [5.74, 6) is -3.55. The van der Waals surface area contributed by atoms with Crippen molar-refractivity contribution in [2.24, 2.45) is 0 Å². The van der Waals surface area contributed by atoms with Crippen molar-refractivity contribution in [2.45, 2.75) is 58.1 Å². The Bertz CT molecular complexity index is 1480. The van der Waals surface area contributed by atoms with E-state index in [2.05, 4.69) is 0 Å². The van der Waals surface area contributed by atoms with E-state index in [1.807, 2.05) is 48.5 Å². The largest absolute Gasteiger partial charge is 0.459 e. The number of amides is 2. The summed E-state index contributed by atoms with van der Waals surface area (Å²) in [7, 11) is 0. The van der Waals surface area contributed by atoms with Crippen LogP contribution in [0.3, 0.4) is 0 Å². The van der Waals surface area contributed by atoms with E-state index in [1.165, 1.54) is 17.0 Å². The van der Waals surface area contributed by atoms with Crippen LogP contribution in [0, 0.1) is 0 Å². The SMILES string of the molecule is CCN(C(O)OCC1c2ccccc2-c2ccccc21)[C@@H](CC(=O)ON1C(=O)c2ccccc2C1=O)C(=O)OC(C)(C)C. The maximum atomic E-state index is 13.3. The predicted molar refractivity (Wildman–Crippen MR) is 155 cm³/mol. The summed E-state index contributed by atoms with van der Waals surface area (Å²) in [6.07, 6.45) is -2.21. The van der Waals surface area contributed by atoms with Gasteiger partial charge in [0.05, 0.1) is 24.2 Å². The average Bonchev–Trinajstić information content (AvgIpc) is 3.42. The second kappa shape index (κ2) is 12.1. The molecule has 1 aliphatic carbocycles. The second-order valence-electron chi connectivity index (χ2n) is 11.4. The van der Waals surface area contributed by atoms with Crippen LogP contribution in [0.4, 0.5) is 0 Å². The number of carbonyl (C=O) groups is 4. The summed E-state index contributed by atoms with van der Waals surface area (Å²) in [5.41, 5.74) is 3.63. The van der Waals surface area contributed by atoms with Crippen molar-refractivity contribution in [1.29, 1.82) is 0 Å². The van der Waals surface area contributed by atoms with Crippen molar-refractivity contribution < 1.29 is 38.6 Å². The summed E-state index contributed by atoms with van der Waals surface area (Å²) >= 11 is 0. The van der Waals surface area contributed by atoms with Crippen LogP contribution in [0.15, 0.2) is 72.8 Å². The monoisotopic (exact) mass is 586 g/mol. The highest BCUT2D eigenvalue weighted by Gasteiger charge is 2.41. The molecule has 0 saturated heterocycles. The first-order valence-electron chi connectivity index (χ1n) is 14.1. The van der Waals surface area contributed by atoms with Gasteiger partial charge >= 0.3 is 11.9 Å². The number of rotatable bonds is 10. The van der Waals surface area contributed by atoms with Crippen LogP contribution >= 0.6 is 0 Å². The zero-order chi connectivity index (χ0) is 30.9. The summed E-state index contributed by atoms with van der Waals surface area (Å²) in [5, 5.41) is 11.6. The van der Waals surface area contributed by atoms with E-state index in [-0.39, 0.29) is 30.2 Å². The average molecular weight is 587 g/mol. The Morgan fingerprint density at radius 1 is 0.860 bits per heavy atom. The van der Waals surface area contributed by atoms with Crippen molar-refractivity contribution in [2.75, 3.05) is 13.2 Å². The van der Waals surface area contributed by atoms with Crippen molar-refractivity contribution in [3.05, 3.63) is 95.1 Å². The number of hydrogen-bond donors (Lipinski definition) is 1. The number of aliphatic hydroxyl groups excluding tert-OH is 1. The summed E-state index contributed by atoms with van der Waals surface area (Å²) in [4.78, 5) is 58.3. The molecule has 10 heteroatoms. The zero-order valence-corrected chi connectivity index (χ0v) is 24.5. The highest BCUT2D eigenvalue weighted by Crippen LogP contribution is 2.44. The van der Waals surface area contributed by atoms with Gasteiger partial charge < -0.3 is 19.4 Å². The van der Waals surface area contributed by atoms with E-state index < -0.39 is 48.2 Å². The molecule has 1 aliphatic heterocycles. The molecule has 43 heavy (non-hydrogen) atoms. The molecule has 0 bridgehead atoms. The highest BCUT2D eigenvalue weighted by molar-refractivity contribution is 6.20. The van der Waals surface area contributed by atoms with Crippen LogP contribution in [0.5, 0.6) is 0 Å². The lowest BCUT2D eigenvalue weighted by Crippen LogP contribution is -2.51. The standard InChI is InChI=1S/C33H34N2O8/c1-5-34(32(40)41-19-26-22-14-8-6-12-20(22)21-13-7-9-15-23(21)26)27(31(39)42-33(2,3)4)18-28(36)43-35-29(37)24-16-10-11-17-25(24)30(35)38/h6-17,26-27,32,40H,5,18-19H2,1-4H3/t27-,32?/m0/s1. The van der Waals surface area contributed by atoms with Gasteiger partial charge in [0.25, 0.3) is 11.8 Å². The number of benzene rings is 3. The smallest absolute Gasteiger partial charge is 0.335 e. The minimum Gasteiger partial charge on any atom is -0.459 e. The third-order valence-electron chi connectivity index (χ3n) is 7.41. The highest BCUT2D eigenvalue weighted by atomic mass is 16.7. The molecule has 0 spiro atoms. The number of hydroxylamine groups is 2. The van der Waals surface area contributed by atoms with Gasteiger partial charge in [0, 0.05) is 12.5 Å². The lowest BCUT2D eigenvalue weighted by molar-refractivity contribution is -0.218. The fourth-order valence-electron chi connectivity index (χ4n) is 5.50. The van der Waals surface area contributed by atoms with E-state index in [4.69, 9.17) is 14.3 Å². The molecular formula is C33H34N2O8. The molecule has 0 radical (unpaired) electrons. The van der Waals surface area contributed by atoms with Gasteiger partial charge in [-0.3, -0.25) is 14.4 Å². The Labute approximate surface area is 249 Å². The molecule has 1 N–H and O–H groups in total. The lowest BCUT2D eigenvalue weighted by Gasteiger charge is -2.34. The zero-order valence-electron chi connectivity index (χ0n) is 24.5. The molecule has 3 aromatic rings. The van der Waals surface area contributed by atoms with E-state index in [0.29, 0.717) is 5.06 Å². The molecule has 224 valence electrons. The van der Waals surface area contributed by atoms with Crippen LogP contribution in [0.25, 0.3) is 11.1 Å². The first kappa shape index (κ1) is 30.1. The van der Waals surface area contributed by atoms with Crippen LogP contribution in [0.1, 0.15) is 71.9 Å². The number of likely N-dealkylation sites (N-methyl/N-ethyl adjacent to an activating group) is 1. The van der Waals surface area contributed by atoms with Gasteiger partial charge in [-0.15, -0.1) is 0 Å². The first-order chi connectivity index (χ1) is 20.5. The van der Waals surface area contributed by atoms with Gasteiger partial charge in [0.1, 0.15) is 11.6 Å². The van der Waals surface area contributed by atoms with Crippen LogP contribution in [-0.4, -0.2) is 70.0 Å². The summed E-state index contributed by atoms with van der Waals surface area (Å²) < 4.78 is 11.5. The Morgan fingerprint density at radius 2 is 1.35 bits per heavy atom. The fourth-order valence-corrected chi connectivity index (χ4v) is 5.50. The normalized spacial score (nSPS) is 15.6. The van der Waals surface area contributed by atoms with E-state index in [0.717, 1.165) is 22.3 Å². The lowest BCUT2D eigenvalue weighted by atomic mass is 9.98. The molecule has 1 unspecified atom stereocenters. The number of esters is 1. The topological polar surface area (TPSA) is 123 Å². The molecule has 2 aliphatic rings. The van der Waals surface area contributed by atoms with Crippen LogP contribution in [-0.2, 0) is 23.9 Å². The molecule has 2 atom stereocenters. The third kappa shape index (κ3) is 6.08. The van der Waals surface area contributed by atoms with Crippen molar-refractivity contribution >= 4 is 23.8 Å². The van der Waals surface area contributed by atoms with Crippen molar-refractivity contribution in [1.82, 2.24) is 9.96 Å². The van der Waals surface area contributed by atoms with E-state index in [9.17, 15) is 24.3 Å². The Morgan fingerprint density at radius 3 is 1.84 bits per heavy atom. The number of carbonyl (C=O) groups excluding carboxylic acids is 4. The van der Waals surface area contributed by atoms with Gasteiger partial charge in [-0.2, -0.15) is 0 Å². The minimum absolute atomic E-state index is 0.100. The number of nitrogens with zero attached hydrogens (tertiary/aromatic N) is 2. The molecule has 10 nitrogen and oxygen atoms in total. The fraction of sp³-hybridized carbons (Fsp3) is 0.333. The summed E-state index contributed by atoms with van der Waals surface area (Å²) in [6, 6.07) is 20.7. The molecule has 0 aromatic heterocycles. The number of imide groups is 1. The van der Waals surface area contributed by atoms with E-state index >= 15 is 0 Å². The van der Waals surface area contributed by atoms with Gasteiger partial charge in [-0.1, -0.05) is 72.7 Å². The Hall–Kier alpha value is -4.38. The van der Waals surface area contributed by atoms with Crippen LogP contribution in [0.2, 0.25) is 0 Å². The van der Waals surface area contributed by atoms with Gasteiger partial charge in [0.15, 0.2) is 0 Å². The van der Waals surface area contributed by atoms with Crippen molar-refractivity contribution in [3.63, 3.8) is 0 Å². The maximum absolute atomic E-state index is 13.3. The Kier molecular flexibility index (Phi) is 8.45. The number of aliphatic hydroxyl groups is 1. The van der Waals surface area contributed by atoms with E-state index in [1.54, 1.807) is 39.8 Å². The molecular weight excluding hydrogens is 552 g/mol. The third-order valence-corrected chi connectivity index (χ3v) is 7.41. The molecule has 1 heterocycles. The molecule has 0 fully saturated rings. The van der Waals surface area contributed by atoms with Gasteiger partial charge in [-0.05, 0) is 55.2 Å². The van der Waals surface area contributed by atoms with Gasteiger partial charge in [0.2, 0.25) is 6.41 Å². The minimum atomic E-state index is -1.59. The number of hydrogen-bond acceptors (Lipinski definition) is 9. The van der Waals surface area contributed by atoms with Crippen molar-refractivity contribution in [3.8, 4) is 11.1 Å². The second-order valence-corrected chi connectivity index (χ2v) is 11.4. The Balaban J connectivity index is 1.32. The molecule has 5 rings (SSSR count). The van der Waals surface area contributed by atoms with Gasteiger partial charge in [-0.25, -0.2) is 9.69 Å². The molecule has 0 saturated carbocycles. The predicted octanol–water partition coefficient (Wildman–Crippen LogP) is 4.27. The quantitative estimate of drug-likeness (QED) is 0.211. The first-order valence-corrected chi connectivity index (χ1v) is 14.1. The maximum Gasteiger partial charge on any atom is 0.335 e.